The predicted octanol–water partition coefficient (Wildman–Crippen LogP) is -1.71. The lowest BCUT2D eigenvalue weighted by Crippen LogP contribution is -2.75. The number of unbranched alkanes of at least 4 members (excludes halogenated alkanes) is 1. The van der Waals surface area contributed by atoms with Crippen LogP contribution in [0.5, 0.6) is 0 Å². The molecule has 0 aromatic heterocycles. The zero-order valence-corrected chi connectivity index (χ0v) is 19.6. The summed E-state index contributed by atoms with van der Waals surface area (Å²) in [6.07, 6.45) is 1.44. The van der Waals surface area contributed by atoms with Gasteiger partial charge < -0.3 is 32.3 Å². The fourth-order valence-corrected chi connectivity index (χ4v) is 0.736. The van der Waals surface area contributed by atoms with Gasteiger partial charge >= 0.3 is 0 Å². The topological polar surface area (TPSA) is 78.4 Å². The third kappa shape index (κ3) is 273. The van der Waals surface area contributed by atoms with Crippen molar-refractivity contribution < 1.29 is 32.3 Å². The van der Waals surface area contributed by atoms with E-state index in [4.69, 9.17) is 0 Å². The molecule has 0 aromatic carbocycles. The summed E-state index contributed by atoms with van der Waals surface area (Å²) in [4.78, 5) is 29.4. The molecule has 0 rings (SSSR count). The minimum absolute atomic E-state index is 0.0270. The van der Waals surface area contributed by atoms with Crippen LogP contribution in [0.15, 0.2) is 0 Å². The maximum atomic E-state index is 9.78. The minimum atomic E-state index is -4.94. The third-order valence-electron chi connectivity index (χ3n) is 0.777. The quantitative estimate of drug-likeness (QED) is 0.335. The number of quaternary nitrogens is 3. The van der Waals surface area contributed by atoms with E-state index in [0.717, 1.165) is 19.9 Å². The second-order valence-corrected chi connectivity index (χ2v) is 11.0. The molecule has 0 heterocycles. The Morgan fingerprint density at radius 2 is 0.833 bits per heavy atom. The molecule has 7 nitrogen and oxygen atoms in total. The Kier molecular flexibility index (Phi) is 18.7. The molecule has 0 saturated heterocycles. The van der Waals surface area contributed by atoms with Crippen LogP contribution in [0.1, 0.15) is 19.8 Å². The van der Waals surface area contributed by atoms with Gasteiger partial charge in [0.2, 0.25) is 0 Å². The first kappa shape index (κ1) is 31.7. The van der Waals surface area contributed by atoms with Crippen LogP contribution in [-0.4, -0.2) is 114 Å². The Morgan fingerprint density at radius 3 is 0.958 bits per heavy atom. The van der Waals surface area contributed by atoms with E-state index in [1.165, 1.54) is 0 Å². The highest BCUT2D eigenvalue weighted by atomic mass is 28.4. The standard InChI is InChI=1S/3C4H12N.C4H9O4Si/c3*1-5(2,3)4;1-2-3-4-8-9(5,6)7/h3*1-4H3;2-4H2,1H3/q3*+1;-3. The van der Waals surface area contributed by atoms with Crippen LogP contribution < -0.4 is 14.4 Å². The molecular formula is C16H45N3O4Si. The van der Waals surface area contributed by atoms with Crippen LogP contribution in [-0.2, 0) is 4.43 Å². The lowest BCUT2D eigenvalue weighted by molar-refractivity contribution is -0.849. The summed E-state index contributed by atoms with van der Waals surface area (Å²) in [6.45, 7) is 1.91. The third-order valence-corrected chi connectivity index (χ3v) is 1.33. The second kappa shape index (κ2) is 14.1. The fraction of sp³-hybridized carbons (Fsp3) is 1.00. The normalized spacial score (nSPS) is 12.0. The first-order valence-electron chi connectivity index (χ1n) is 8.18. The van der Waals surface area contributed by atoms with Crippen LogP contribution in [0.2, 0.25) is 0 Å². The molecule has 0 unspecified atom stereocenters. The van der Waals surface area contributed by atoms with Gasteiger partial charge in [-0.15, -0.1) is 9.05 Å². The molecule has 24 heavy (non-hydrogen) atoms. The van der Waals surface area contributed by atoms with E-state index in [0.29, 0.717) is 6.42 Å². The van der Waals surface area contributed by atoms with Crippen molar-refractivity contribution in [1.82, 2.24) is 0 Å². The minimum Gasteiger partial charge on any atom is -0.861 e. The Labute approximate surface area is 153 Å². The Hall–Kier alpha value is -0.0631. The average molecular weight is 372 g/mol. The molecule has 8 heteroatoms. The van der Waals surface area contributed by atoms with Gasteiger partial charge in [0.1, 0.15) is 0 Å². The van der Waals surface area contributed by atoms with E-state index in [-0.39, 0.29) is 6.61 Å². The van der Waals surface area contributed by atoms with Gasteiger partial charge in [-0.3, -0.25) is 0 Å². The van der Waals surface area contributed by atoms with Crippen molar-refractivity contribution in [3.63, 3.8) is 0 Å². The van der Waals surface area contributed by atoms with E-state index >= 15 is 0 Å². The Bertz CT molecular complexity index is 218. The van der Waals surface area contributed by atoms with Crippen molar-refractivity contribution in [2.45, 2.75) is 19.8 Å². The van der Waals surface area contributed by atoms with Gasteiger partial charge in [-0.25, -0.2) is 0 Å². The average Bonchev–Trinajstić information content (AvgIpc) is 2.06. The highest BCUT2D eigenvalue weighted by molar-refractivity contribution is 6.42. The molecule has 0 aliphatic heterocycles. The molecule has 0 radical (unpaired) electrons. The molecule has 0 fully saturated rings. The van der Waals surface area contributed by atoms with E-state index in [1.54, 1.807) is 0 Å². The molecule has 0 N–H and O–H groups in total. The number of nitrogens with zero attached hydrogens (tertiary/aromatic N) is 3. The van der Waals surface area contributed by atoms with Crippen molar-refractivity contribution >= 4 is 9.05 Å². The van der Waals surface area contributed by atoms with Crippen LogP contribution in [0, 0.1) is 0 Å². The SMILES string of the molecule is CCCCO[Si]([O-])([O-])[O-].C[N+](C)(C)C.C[N+](C)(C)C.C[N+](C)(C)C. The van der Waals surface area contributed by atoms with Gasteiger partial charge in [-0.05, 0) is 6.42 Å². The lowest BCUT2D eigenvalue weighted by Gasteiger charge is -2.53. The molecule has 0 amide bonds. The molecule has 0 aliphatic rings. The number of hydrogen-bond acceptors (Lipinski definition) is 4. The molecule has 0 atom stereocenters. The van der Waals surface area contributed by atoms with Crippen molar-refractivity contribution in [3.8, 4) is 0 Å². The van der Waals surface area contributed by atoms with E-state index < -0.39 is 9.05 Å². The molecule has 0 spiro atoms. The zero-order chi connectivity index (χ0) is 20.8. The number of hydrogen-bond donors (Lipinski definition) is 0. The lowest BCUT2D eigenvalue weighted by atomic mass is 10.4. The first-order valence-corrected chi connectivity index (χ1v) is 9.81. The van der Waals surface area contributed by atoms with Crippen LogP contribution >= 0.6 is 0 Å². The number of rotatable bonds is 4. The van der Waals surface area contributed by atoms with Crippen molar-refractivity contribution in [2.24, 2.45) is 0 Å². The van der Waals surface area contributed by atoms with E-state index in [9.17, 15) is 14.4 Å². The van der Waals surface area contributed by atoms with Crippen LogP contribution in [0.3, 0.4) is 0 Å². The van der Waals surface area contributed by atoms with Crippen molar-refractivity contribution in [2.75, 3.05) is 91.2 Å². The molecule has 0 bridgehead atoms. The largest absolute Gasteiger partial charge is 0.861 e. The summed E-state index contributed by atoms with van der Waals surface area (Å²) in [7, 11) is 20.6. The van der Waals surface area contributed by atoms with Gasteiger partial charge in [-0.2, -0.15) is 0 Å². The van der Waals surface area contributed by atoms with Gasteiger partial charge in [0.05, 0.1) is 84.6 Å². The zero-order valence-electron chi connectivity index (χ0n) is 18.6. The van der Waals surface area contributed by atoms with Gasteiger partial charge in [-0.1, -0.05) is 13.3 Å². The van der Waals surface area contributed by atoms with Gasteiger partial charge in [0.15, 0.2) is 0 Å². The maximum Gasteiger partial charge on any atom is 0.0675 e. The summed E-state index contributed by atoms with van der Waals surface area (Å²) < 4.78 is 6.94. The maximum absolute atomic E-state index is 9.78. The summed E-state index contributed by atoms with van der Waals surface area (Å²) >= 11 is 0. The summed E-state index contributed by atoms with van der Waals surface area (Å²) in [5.74, 6) is 0. The van der Waals surface area contributed by atoms with Gasteiger partial charge in [0.25, 0.3) is 0 Å². The van der Waals surface area contributed by atoms with E-state index in [1.807, 2.05) is 6.92 Å². The highest BCUT2D eigenvalue weighted by Crippen LogP contribution is 1.87. The van der Waals surface area contributed by atoms with E-state index in [2.05, 4.69) is 89.0 Å². The monoisotopic (exact) mass is 371 g/mol. The van der Waals surface area contributed by atoms with Gasteiger partial charge in [0, 0.05) is 6.61 Å². The summed E-state index contributed by atoms with van der Waals surface area (Å²) in [6, 6.07) is 0. The fourth-order valence-electron chi connectivity index (χ4n) is 0.342. The predicted molar refractivity (Wildman–Crippen MR) is 98.5 cm³/mol. The Balaban J connectivity index is -0.000000116. The van der Waals surface area contributed by atoms with Crippen LogP contribution in [0.4, 0.5) is 0 Å². The Morgan fingerprint density at radius 1 is 0.625 bits per heavy atom. The summed E-state index contributed by atoms with van der Waals surface area (Å²) in [5, 5.41) is 0. The molecule has 0 saturated carbocycles. The summed E-state index contributed by atoms with van der Waals surface area (Å²) in [5.41, 5.74) is 0. The van der Waals surface area contributed by atoms with Crippen LogP contribution in [0.25, 0.3) is 0 Å². The molecule has 152 valence electrons. The second-order valence-electron chi connectivity index (χ2n) is 9.75. The molecule has 0 aliphatic carbocycles. The highest BCUT2D eigenvalue weighted by Gasteiger charge is 1.89. The first-order chi connectivity index (χ1) is 10.1. The smallest absolute Gasteiger partial charge is 0.0675 e. The van der Waals surface area contributed by atoms with Crippen molar-refractivity contribution in [3.05, 3.63) is 0 Å². The molecule has 0 aromatic rings. The van der Waals surface area contributed by atoms with Crippen molar-refractivity contribution in [1.29, 1.82) is 0 Å². The molecular weight excluding hydrogens is 326 g/mol.